The van der Waals surface area contributed by atoms with Gasteiger partial charge in [-0.05, 0) is 37.7 Å². The lowest BCUT2D eigenvalue weighted by Crippen LogP contribution is -2.42. The van der Waals surface area contributed by atoms with E-state index in [9.17, 15) is 4.79 Å². The van der Waals surface area contributed by atoms with Gasteiger partial charge in [-0.25, -0.2) is 9.78 Å². The van der Waals surface area contributed by atoms with Gasteiger partial charge in [0.25, 0.3) is 0 Å². The standard InChI is InChI=1S/C22H27N9O.2H2/c1-14-6-17(4-5-24-14)27-19-10-25-21(7-15(19)8-23)29-22(32)28-20-13-30(2)12-18(20)16-9-26-31(3)11-16;;/h4-11,18,20,23H,12-13H2,1-3H3,(H,24,27)(H2,25,28,29,32);2*1H/t18-,20+;;/m1../s1. The second-order valence-corrected chi connectivity index (χ2v) is 8.09. The molecule has 0 bridgehead atoms. The molecular formula is C22H31N9O. The second kappa shape index (κ2) is 9.15. The van der Waals surface area contributed by atoms with Crippen molar-refractivity contribution in [1.29, 1.82) is 5.41 Å². The summed E-state index contributed by atoms with van der Waals surface area (Å²) in [6.45, 7) is 3.51. The number of nitrogens with one attached hydrogen (secondary N) is 4. The van der Waals surface area contributed by atoms with Crippen LogP contribution < -0.4 is 16.0 Å². The van der Waals surface area contributed by atoms with Crippen molar-refractivity contribution in [2.24, 2.45) is 7.05 Å². The first-order valence-corrected chi connectivity index (χ1v) is 10.4. The Hall–Kier alpha value is -3.79. The Morgan fingerprint density at radius 1 is 1.25 bits per heavy atom. The molecule has 2 atom stereocenters. The number of carbonyl (C=O) groups excluding carboxylic acids is 1. The number of aryl methyl sites for hydroxylation is 2. The molecule has 0 aromatic carbocycles. The number of nitrogens with zero attached hydrogens (tertiary/aromatic N) is 5. The third-order valence-electron chi connectivity index (χ3n) is 5.48. The van der Waals surface area contributed by atoms with Crippen LogP contribution in [0.3, 0.4) is 0 Å². The van der Waals surface area contributed by atoms with Crippen LogP contribution in [0.5, 0.6) is 0 Å². The maximum absolute atomic E-state index is 12.7. The predicted octanol–water partition coefficient (Wildman–Crippen LogP) is 2.97. The fraction of sp³-hybridized carbons (Fsp3) is 0.318. The molecule has 0 radical (unpaired) electrons. The molecule has 1 aliphatic rings. The van der Waals surface area contributed by atoms with E-state index in [1.54, 1.807) is 23.1 Å². The number of pyridine rings is 2. The minimum atomic E-state index is -0.326. The molecular weight excluding hydrogens is 406 g/mol. The van der Waals surface area contributed by atoms with Crippen molar-refractivity contribution in [3.63, 3.8) is 0 Å². The van der Waals surface area contributed by atoms with Crippen LogP contribution in [0, 0.1) is 12.3 Å². The van der Waals surface area contributed by atoms with Gasteiger partial charge in [-0.2, -0.15) is 5.10 Å². The number of hydrogen-bond acceptors (Lipinski definition) is 7. The number of rotatable bonds is 6. The van der Waals surface area contributed by atoms with Crippen LogP contribution in [-0.4, -0.2) is 63.1 Å². The first kappa shape index (κ1) is 21.4. The van der Waals surface area contributed by atoms with Crippen LogP contribution >= 0.6 is 0 Å². The number of carbonyl (C=O) groups is 1. The van der Waals surface area contributed by atoms with E-state index < -0.39 is 0 Å². The number of amides is 2. The van der Waals surface area contributed by atoms with Crippen molar-refractivity contribution < 1.29 is 7.65 Å². The Balaban J connectivity index is 0.00000204. The first-order valence-electron chi connectivity index (χ1n) is 10.4. The van der Waals surface area contributed by atoms with Gasteiger partial charge in [0.05, 0.1) is 24.1 Å². The molecule has 3 aromatic rings. The van der Waals surface area contributed by atoms with Crippen LogP contribution in [0.15, 0.2) is 43.0 Å². The predicted molar refractivity (Wildman–Crippen MR) is 128 cm³/mol. The minimum Gasteiger partial charge on any atom is -0.354 e. The summed E-state index contributed by atoms with van der Waals surface area (Å²) in [7, 11) is 3.93. The Morgan fingerprint density at radius 3 is 2.81 bits per heavy atom. The number of likely N-dealkylation sites (N-methyl/N-ethyl adjacent to an activating group) is 1. The summed E-state index contributed by atoms with van der Waals surface area (Å²) < 4.78 is 1.77. The van der Waals surface area contributed by atoms with Crippen molar-refractivity contribution in [2.45, 2.75) is 18.9 Å². The van der Waals surface area contributed by atoms with E-state index >= 15 is 0 Å². The number of hydrogen-bond donors (Lipinski definition) is 4. The van der Waals surface area contributed by atoms with E-state index in [1.165, 1.54) is 6.21 Å². The Morgan fingerprint density at radius 2 is 2.09 bits per heavy atom. The minimum absolute atomic E-state index is 0. The Kier molecular flexibility index (Phi) is 6.13. The highest BCUT2D eigenvalue weighted by molar-refractivity contribution is 5.92. The quantitative estimate of drug-likeness (QED) is 0.440. The monoisotopic (exact) mass is 437 g/mol. The van der Waals surface area contributed by atoms with Gasteiger partial charge in [-0.15, -0.1) is 0 Å². The lowest BCUT2D eigenvalue weighted by molar-refractivity contribution is 0.247. The van der Waals surface area contributed by atoms with Crippen LogP contribution in [-0.2, 0) is 7.05 Å². The second-order valence-electron chi connectivity index (χ2n) is 8.09. The van der Waals surface area contributed by atoms with Crippen molar-refractivity contribution in [1.82, 2.24) is 30.0 Å². The summed E-state index contributed by atoms with van der Waals surface area (Å²) in [6, 6.07) is 5.06. The van der Waals surface area contributed by atoms with Gasteiger partial charge in [0.15, 0.2) is 0 Å². The molecule has 0 spiro atoms. The molecule has 4 rings (SSSR count). The van der Waals surface area contributed by atoms with Crippen LogP contribution in [0.25, 0.3) is 0 Å². The number of anilines is 3. The number of likely N-dealkylation sites (tertiary alicyclic amines) is 1. The van der Waals surface area contributed by atoms with E-state index in [0.717, 1.165) is 30.0 Å². The van der Waals surface area contributed by atoms with Gasteiger partial charge >= 0.3 is 6.03 Å². The van der Waals surface area contributed by atoms with Crippen molar-refractivity contribution in [2.75, 3.05) is 30.8 Å². The average Bonchev–Trinajstić information content (AvgIpc) is 3.34. The molecule has 2 amide bonds. The molecule has 170 valence electrons. The normalized spacial score (nSPS) is 18.3. The van der Waals surface area contributed by atoms with Gasteiger partial charge in [0.1, 0.15) is 5.82 Å². The molecule has 4 heterocycles. The van der Waals surface area contributed by atoms with E-state index in [1.807, 2.05) is 45.5 Å². The largest absolute Gasteiger partial charge is 0.354 e. The zero-order chi connectivity index (χ0) is 22.7. The molecule has 10 nitrogen and oxygen atoms in total. The van der Waals surface area contributed by atoms with E-state index in [2.05, 4.69) is 35.9 Å². The molecule has 1 saturated heterocycles. The highest BCUT2D eigenvalue weighted by Crippen LogP contribution is 2.27. The molecule has 10 heteroatoms. The summed E-state index contributed by atoms with van der Waals surface area (Å²) >= 11 is 0. The molecule has 4 N–H and O–H groups in total. The fourth-order valence-electron chi connectivity index (χ4n) is 3.98. The van der Waals surface area contributed by atoms with Crippen LogP contribution in [0.4, 0.5) is 22.0 Å². The highest BCUT2D eigenvalue weighted by Gasteiger charge is 2.34. The first-order chi connectivity index (χ1) is 15.4. The summed E-state index contributed by atoms with van der Waals surface area (Å²) in [6.07, 6.45) is 8.39. The Labute approximate surface area is 189 Å². The van der Waals surface area contributed by atoms with E-state index in [-0.39, 0.29) is 20.8 Å². The van der Waals surface area contributed by atoms with E-state index in [0.29, 0.717) is 17.1 Å². The van der Waals surface area contributed by atoms with Gasteiger partial charge in [-0.3, -0.25) is 15.0 Å². The van der Waals surface area contributed by atoms with Gasteiger partial charge in [0.2, 0.25) is 0 Å². The fourth-order valence-corrected chi connectivity index (χ4v) is 3.98. The molecule has 1 aliphatic heterocycles. The lowest BCUT2D eigenvalue weighted by atomic mass is 9.97. The van der Waals surface area contributed by atoms with Gasteiger partial charge in [-0.1, -0.05) is 0 Å². The smallest absolute Gasteiger partial charge is 0.320 e. The molecule has 0 unspecified atom stereocenters. The van der Waals surface area contributed by atoms with Crippen molar-refractivity contribution >= 4 is 29.4 Å². The van der Waals surface area contributed by atoms with Crippen molar-refractivity contribution in [3.8, 4) is 0 Å². The maximum atomic E-state index is 12.7. The van der Waals surface area contributed by atoms with Gasteiger partial charge < -0.3 is 20.9 Å². The maximum Gasteiger partial charge on any atom is 0.320 e. The zero-order valence-electron chi connectivity index (χ0n) is 18.3. The molecule has 3 aromatic heterocycles. The van der Waals surface area contributed by atoms with E-state index in [4.69, 9.17) is 5.41 Å². The summed E-state index contributed by atoms with van der Waals surface area (Å²) in [4.78, 5) is 23.4. The number of aromatic nitrogens is 4. The van der Waals surface area contributed by atoms with Gasteiger partial charge in [0, 0.05) is 64.5 Å². The van der Waals surface area contributed by atoms with Crippen molar-refractivity contribution in [3.05, 3.63) is 59.8 Å². The summed E-state index contributed by atoms with van der Waals surface area (Å²) in [5.74, 6) is 0.543. The summed E-state index contributed by atoms with van der Waals surface area (Å²) in [5, 5.41) is 21.1. The molecule has 32 heavy (non-hydrogen) atoms. The average molecular weight is 438 g/mol. The molecule has 1 fully saturated rings. The SMILES string of the molecule is Cc1cc(Nc2cnc(NC(=O)N[C@H]3CN(C)C[C@@H]3c3cnn(C)c3)cc2C=N)ccn1.[HH].[HH]. The summed E-state index contributed by atoms with van der Waals surface area (Å²) in [5.41, 5.74) is 4.13. The third kappa shape index (κ3) is 4.92. The lowest BCUT2D eigenvalue weighted by Gasteiger charge is -2.19. The Bertz CT molecular complexity index is 1140. The highest BCUT2D eigenvalue weighted by atomic mass is 16.2. The van der Waals surface area contributed by atoms with Crippen LogP contribution in [0.1, 0.15) is 25.6 Å². The third-order valence-corrected chi connectivity index (χ3v) is 5.48. The molecule has 0 saturated carbocycles. The number of urea groups is 1. The topological polar surface area (TPSA) is 124 Å². The van der Waals surface area contributed by atoms with Crippen LogP contribution in [0.2, 0.25) is 0 Å². The zero-order valence-corrected chi connectivity index (χ0v) is 18.3. The molecule has 0 aliphatic carbocycles.